The minimum absolute atomic E-state index is 0.0753. The molecule has 122 valence electrons. The van der Waals surface area contributed by atoms with E-state index in [0.717, 1.165) is 5.56 Å². The molecule has 1 aromatic heterocycles. The number of rotatable bonds is 5. The molecule has 2 aromatic carbocycles. The highest BCUT2D eigenvalue weighted by Gasteiger charge is 2.19. The Kier molecular flexibility index (Phi) is 4.32. The Morgan fingerprint density at radius 3 is 2.33 bits per heavy atom. The molecule has 3 aromatic rings. The van der Waals surface area contributed by atoms with Crippen molar-refractivity contribution >= 4 is 33.0 Å². The van der Waals surface area contributed by atoms with E-state index >= 15 is 0 Å². The van der Waals surface area contributed by atoms with E-state index in [0.29, 0.717) is 5.01 Å². The van der Waals surface area contributed by atoms with Gasteiger partial charge in [0.05, 0.1) is 5.56 Å². The van der Waals surface area contributed by atoms with Gasteiger partial charge in [-0.1, -0.05) is 30.3 Å². The fourth-order valence-corrected chi connectivity index (χ4v) is 4.14. The third-order valence-corrected chi connectivity index (χ3v) is 5.47. The van der Waals surface area contributed by atoms with Crippen LogP contribution in [0.5, 0.6) is 0 Å². The van der Waals surface area contributed by atoms with Gasteiger partial charge in [-0.05, 0) is 24.3 Å². The van der Waals surface area contributed by atoms with Gasteiger partial charge >= 0.3 is 5.97 Å². The van der Waals surface area contributed by atoms with Gasteiger partial charge in [-0.25, -0.2) is 9.78 Å². The second-order valence-corrected chi connectivity index (χ2v) is 7.33. The number of hydrogen-bond acceptors (Lipinski definition) is 5. The fraction of sp³-hybridized carbons (Fsp3) is 0. The molecule has 0 bridgehead atoms. The van der Waals surface area contributed by atoms with Crippen molar-refractivity contribution in [1.82, 2.24) is 4.98 Å². The highest BCUT2D eigenvalue weighted by Crippen LogP contribution is 2.26. The number of nitrogens with zero attached hydrogens (tertiary/aromatic N) is 1. The van der Waals surface area contributed by atoms with Crippen LogP contribution >= 0.6 is 11.3 Å². The summed E-state index contributed by atoms with van der Waals surface area (Å²) < 4.78 is 27.2. The molecule has 0 amide bonds. The van der Waals surface area contributed by atoms with Crippen LogP contribution < -0.4 is 4.72 Å². The molecule has 0 saturated heterocycles. The Morgan fingerprint density at radius 1 is 1.04 bits per heavy atom. The number of anilines is 1. The quantitative estimate of drug-likeness (QED) is 0.728. The average Bonchev–Trinajstić information content (AvgIpc) is 3.07. The summed E-state index contributed by atoms with van der Waals surface area (Å²) in [7, 11) is -3.83. The van der Waals surface area contributed by atoms with Gasteiger partial charge in [-0.15, -0.1) is 11.3 Å². The van der Waals surface area contributed by atoms with Gasteiger partial charge in [0, 0.05) is 16.6 Å². The molecule has 0 atom stereocenters. The highest BCUT2D eigenvalue weighted by atomic mass is 32.2. The Morgan fingerprint density at radius 2 is 1.71 bits per heavy atom. The third kappa shape index (κ3) is 3.44. The summed E-state index contributed by atoms with van der Waals surface area (Å²) in [5, 5.41) is 10.9. The zero-order valence-corrected chi connectivity index (χ0v) is 13.8. The highest BCUT2D eigenvalue weighted by molar-refractivity contribution is 7.92. The van der Waals surface area contributed by atoms with Crippen molar-refractivity contribution in [1.29, 1.82) is 0 Å². The number of aromatic nitrogens is 1. The first kappa shape index (κ1) is 16.2. The van der Waals surface area contributed by atoms with Crippen LogP contribution in [0, 0.1) is 0 Å². The summed E-state index contributed by atoms with van der Waals surface area (Å²) in [6.45, 7) is 0. The molecule has 0 unspecified atom stereocenters. The lowest BCUT2D eigenvalue weighted by molar-refractivity contribution is 0.0697. The molecule has 6 nitrogen and oxygen atoms in total. The Labute approximate surface area is 142 Å². The monoisotopic (exact) mass is 360 g/mol. The summed E-state index contributed by atoms with van der Waals surface area (Å²) in [5.41, 5.74) is 1.20. The molecule has 0 fully saturated rings. The van der Waals surface area contributed by atoms with Crippen LogP contribution in [0.25, 0.3) is 10.6 Å². The molecule has 24 heavy (non-hydrogen) atoms. The van der Waals surface area contributed by atoms with Gasteiger partial charge < -0.3 is 5.11 Å². The molecular formula is C16H12N2O4S2. The van der Waals surface area contributed by atoms with E-state index in [1.165, 1.54) is 41.0 Å². The average molecular weight is 360 g/mol. The molecule has 1 heterocycles. The first-order valence-electron chi connectivity index (χ1n) is 6.83. The van der Waals surface area contributed by atoms with Gasteiger partial charge in [0.25, 0.3) is 10.0 Å². The zero-order chi connectivity index (χ0) is 17.2. The maximum Gasteiger partial charge on any atom is 0.335 e. The Bertz CT molecular complexity index is 965. The summed E-state index contributed by atoms with van der Waals surface area (Å²) >= 11 is 1.24. The molecular weight excluding hydrogens is 348 g/mol. The predicted molar refractivity (Wildman–Crippen MR) is 91.8 cm³/mol. The second-order valence-electron chi connectivity index (χ2n) is 4.84. The number of sulfonamides is 1. The normalized spacial score (nSPS) is 11.2. The molecule has 0 saturated carbocycles. The number of carboxylic acids is 1. The number of benzene rings is 2. The first-order valence-corrected chi connectivity index (χ1v) is 9.19. The number of carbonyl (C=O) groups is 1. The van der Waals surface area contributed by atoms with Crippen LogP contribution in [0.3, 0.4) is 0 Å². The van der Waals surface area contributed by atoms with Gasteiger partial charge in [0.2, 0.25) is 0 Å². The van der Waals surface area contributed by atoms with Crippen LogP contribution in [0.4, 0.5) is 5.69 Å². The molecule has 0 spiro atoms. The molecule has 8 heteroatoms. The summed E-state index contributed by atoms with van der Waals surface area (Å²) in [6, 6.07) is 14.7. The van der Waals surface area contributed by atoms with Crippen molar-refractivity contribution in [3.8, 4) is 10.6 Å². The van der Waals surface area contributed by atoms with Crippen molar-refractivity contribution in [3.05, 3.63) is 65.5 Å². The van der Waals surface area contributed by atoms with Crippen LogP contribution in [0.2, 0.25) is 0 Å². The zero-order valence-electron chi connectivity index (χ0n) is 12.2. The smallest absolute Gasteiger partial charge is 0.335 e. The lowest BCUT2D eigenvalue weighted by Gasteiger charge is -2.05. The van der Waals surface area contributed by atoms with E-state index in [4.69, 9.17) is 5.11 Å². The maximum atomic E-state index is 12.4. The Balaban J connectivity index is 1.83. The number of carboxylic acid groups (broad SMARTS) is 1. The van der Waals surface area contributed by atoms with Crippen LogP contribution in [-0.2, 0) is 10.0 Å². The largest absolute Gasteiger partial charge is 0.478 e. The third-order valence-electron chi connectivity index (χ3n) is 3.16. The van der Waals surface area contributed by atoms with Crippen LogP contribution in [-0.4, -0.2) is 24.5 Å². The van der Waals surface area contributed by atoms with Crippen molar-refractivity contribution in [2.24, 2.45) is 0 Å². The minimum atomic E-state index is -3.83. The van der Waals surface area contributed by atoms with E-state index in [2.05, 4.69) is 9.71 Å². The number of nitrogens with one attached hydrogen (secondary N) is 1. The van der Waals surface area contributed by atoms with E-state index < -0.39 is 16.0 Å². The Hall–Kier alpha value is -2.71. The second kappa shape index (κ2) is 6.42. The predicted octanol–water partition coefficient (Wildman–Crippen LogP) is 3.31. The molecule has 0 aliphatic carbocycles. The number of hydrogen-bond donors (Lipinski definition) is 2. The molecule has 0 aliphatic heterocycles. The maximum absolute atomic E-state index is 12.4. The molecule has 3 rings (SSSR count). The van der Waals surface area contributed by atoms with Gasteiger partial charge in [0.1, 0.15) is 5.01 Å². The fourth-order valence-electron chi connectivity index (χ4n) is 1.98. The SMILES string of the molecule is O=C(O)c1ccc(NS(=O)(=O)c2csc(-c3ccccc3)n2)cc1. The van der Waals surface area contributed by atoms with Crippen molar-refractivity contribution in [2.45, 2.75) is 5.03 Å². The van der Waals surface area contributed by atoms with Crippen molar-refractivity contribution < 1.29 is 18.3 Å². The molecule has 0 radical (unpaired) electrons. The van der Waals surface area contributed by atoms with E-state index in [-0.39, 0.29) is 16.3 Å². The van der Waals surface area contributed by atoms with Gasteiger partial charge in [0.15, 0.2) is 5.03 Å². The lowest BCUT2D eigenvalue weighted by Crippen LogP contribution is -2.13. The molecule has 2 N–H and O–H groups in total. The topological polar surface area (TPSA) is 96.4 Å². The van der Waals surface area contributed by atoms with Crippen molar-refractivity contribution in [3.63, 3.8) is 0 Å². The number of thiazole rings is 1. The first-order chi connectivity index (χ1) is 11.5. The standard InChI is InChI=1S/C16H12N2O4S2/c19-16(20)12-6-8-13(9-7-12)18-24(21,22)14-10-23-15(17-14)11-4-2-1-3-5-11/h1-10,18H,(H,19,20). The minimum Gasteiger partial charge on any atom is -0.478 e. The van der Waals surface area contributed by atoms with E-state index in [1.54, 1.807) is 0 Å². The summed E-state index contributed by atoms with van der Waals surface area (Å²) in [6.07, 6.45) is 0. The van der Waals surface area contributed by atoms with Gasteiger partial charge in [-0.3, -0.25) is 4.72 Å². The molecule has 0 aliphatic rings. The lowest BCUT2D eigenvalue weighted by atomic mass is 10.2. The van der Waals surface area contributed by atoms with Crippen molar-refractivity contribution in [2.75, 3.05) is 4.72 Å². The summed E-state index contributed by atoms with van der Waals surface area (Å²) in [4.78, 5) is 15.0. The van der Waals surface area contributed by atoms with Crippen LogP contribution in [0.15, 0.2) is 65.0 Å². The number of aromatic carboxylic acids is 1. The summed E-state index contributed by atoms with van der Waals surface area (Å²) in [5.74, 6) is -1.07. The van der Waals surface area contributed by atoms with Gasteiger partial charge in [-0.2, -0.15) is 8.42 Å². The van der Waals surface area contributed by atoms with Crippen LogP contribution in [0.1, 0.15) is 10.4 Å². The van der Waals surface area contributed by atoms with E-state index in [9.17, 15) is 13.2 Å². The van der Waals surface area contributed by atoms with E-state index in [1.807, 2.05) is 30.3 Å².